The van der Waals surface area contributed by atoms with Crippen LogP contribution in [0.15, 0.2) is 48.5 Å². The second-order valence-electron chi connectivity index (χ2n) is 5.62. The highest BCUT2D eigenvalue weighted by atomic mass is 16.5. The Kier molecular flexibility index (Phi) is 7.17. The molecule has 0 unspecified atom stereocenters. The van der Waals surface area contributed by atoms with Gasteiger partial charge in [-0.1, -0.05) is 30.3 Å². The highest BCUT2D eigenvalue weighted by Crippen LogP contribution is 2.30. The third-order valence-corrected chi connectivity index (χ3v) is 3.79. The molecule has 2 aromatic rings. The molecular weight excluding hydrogens is 334 g/mol. The third kappa shape index (κ3) is 5.07. The van der Waals surface area contributed by atoms with Gasteiger partial charge in [0, 0.05) is 24.8 Å². The molecule has 0 aromatic heterocycles. The van der Waals surface area contributed by atoms with Crippen LogP contribution in [0, 0.1) is 0 Å². The minimum absolute atomic E-state index is 0.210. The monoisotopic (exact) mass is 357 g/mol. The summed E-state index contributed by atoms with van der Waals surface area (Å²) < 4.78 is 10.6. The van der Waals surface area contributed by atoms with E-state index in [2.05, 4.69) is 0 Å². The van der Waals surface area contributed by atoms with E-state index in [1.54, 1.807) is 18.2 Å². The van der Waals surface area contributed by atoms with Crippen molar-refractivity contribution in [2.24, 2.45) is 0 Å². The van der Waals surface area contributed by atoms with Gasteiger partial charge in [0.05, 0.1) is 13.2 Å². The smallest absolute Gasteiger partial charge is 0.323 e. The van der Waals surface area contributed by atoms with Gasteiger partial charge in [-0.25, -0.2) is 0 Å². The number of benzene rings is 2. The van der Waals surface area contributed by atoms with E-state index in [-0.39, 0.29) is 25.6 Å². The van der Waals surface area contributed by atoms with Crippen LogP contribution in [0.25, 0.3) is 11.1 Å². The van der Waals surface area contributed by atoms with E-state index in [9.17, 15) is 9.59 Å². The second kappa shape index (κ2) is 9.58. The molecular formula is C20H23NO5. The van der Waals surface area contributed by atoms with Gasteiger partial charge in [-0.05, 0) is 30.7 Å². The van der Waals surface area contributed by atoms with Crippen molar-refractivity contribution in [1.29, 1.82) is 0 Å². The number of carbonyl (C=O) groups is 2. The molecule has 0 bridgehead atoms. The summed E-state index contributed by atoms with van der Waals surface area (Å²) in [4.78, 5) is 25.1. The summed E-state index contributed by atoms with van der Waals surface area (Å²) in [5, 5.41) is 9.06. The lowest BCUT2D eigenvalue weighted by Crippen LogP contribution is -2.38. The van der Waals surface area contributed by atoms with Crippen molar-refractivity contribution in [3.05, 3.63) is 54.1 Å². The van der Waals surface area contributed by atoms with Crippen LogP contribution in [0.4, 0.5) is 0 Å². The van der Waals surface area contributed by atoms with Crippen molar-refractivity contribution in [2.75, 3.05) is 33.4 Å². The average molecular weight is 357 g/mol. The number of carboxylic acids is 1. The van der Waals surface area contributed by atoms with Crippen LogP contribution < -0.4 is 4.74 Å². The van der Waals surface area contributed by atoms with E-state index in [0.29, 0.717) is 12.2 Å². The standard InChI is InChI=1S/C20H23NO5/c1-3-26-18-10-5-4-9-17(18)15-7-6-8-16(13-15)20(24)21(11-12-25-2)14-19(22)23/h4-10,13H,3,11-12,14H2,1-2H3,(H,22,23). The summed E-state index contributed by atoms with van der Waals surface area (Å²) >= 11 is 0. The topological polar surface area (TPSA) is 76.1 Å². The fourth-order valence-corrected chi connectivity index (χ4v) is 2.61. The highest BCUT2D eigenvalue weighted by Gasteiger charge is 2.19. The Balaban J connectivity index is 2.32. The van der Waals surface area contributed by atoms with Gasteiger partial charge in [0.1, 0.15) is 12.3 Å². The van der Waals surface area contributed by atoms with Crippen molar-refractivity contribution in [2.45, 2.75) is 6.92 Å². The summed E-state index contributed by atoms with van der Waals surface area (Å²) in [5.74, 6) is -0.672. The molecule has 0 atom stereocenters. The molecule has 0 fully saturated rings. The highest BCUT2D eigenvalue weighted by molar-refractivity contribution is 5.97. The van der Waals surface area contributed by atoms with E-state index >= 15 is 0 Å². The number of hydrogen-bond acceptors (Lipinski definition) is 4. The fraction of sp³-hybridized carbons (Fsp3) is 0.300. The van der Waals surface area contributed by atoms with E-state index < -0.39 is 5.97 Å². The van der Waals surface area contributed by atoms with Gasteiger partial charge in [-0.15, -0.1) is 0 Å². The number of ether oxygens (including phenoxy) is 2. The Bertz CT molecular complexity index is 759. The zero-order valence-electron chi connectivity index (χ0n) is 15.0. The predicted molar refractivity (Wildman–Crippen MR) is 98.5 cm³/mol. The molecule has 0 saturated carbocycles. The first kappa shape index (κ1) is 19.5. The number of methoxy groups -OCH3 is 1. The summed E-state index contributed by atoms with van der Waals surface area (Å²) in [6.45, 7) is 2.56. The lowest BCUT2D eigenvalue weighted by Gasteiger charge is -2.20. The van der Waals surface area contributed by atoms with Gasteiger partial charge in [0.25, 0.3) is 5.91 Å². The maximum atomic E-state index is 12.8. The Morgan fingerprint density at radius 3 is 2.58 bits per heavy atom. The molecule has 1 N–H and O–H groups in total. The van der Waals surface area contributed by atoms with Crippen LogP contribution in [-0.2, 0) is 9.53 Å². The van der Waals surface area contributed by atoms with E-state index in [1.165, 1.54) is 12.0 Å². The lowest BCUT2D eigenvalue weighted by atomic mass is 10.0. The molecule has 6 heteroatoms. The van der Waals surface area contributed by atoms with Gasteiger partial charge in [-0.3, -0.25) is 9.59 Å². The molecule has 0 saturated heterocycles. The lowest BCUT2D eigenvalue weighted by molar-refractivity contribution is -0.137. The van der Waals surface area contributed by atoms with Gasteiger partial charge in [-0.2, -0.15) is 0 Å². The molecule has 26 heavy (non-hydrogen) atoms. The summed E-state index contributed by atoms with van der Waals surface area (Å²) in [7, 11) is 1.51. The van der Waals surface area contributed by atoms with Crippen molar-refractivity contribution < 1.29 is 24.2 Å². The quantitative estimate of drug-likeness (QED) is 0.747. The van der Waals surface area contributed by atoms with Gasteiger partial charge < -0.3 is 19.5 Å². The number of nitrogens with zero attached hydrogens (tertiary/aromatic N) is 1. The molecule has 2 rings (SSSR count). The summed E-state index contributed by atoms with van der Waals surface area (Å²) in [6, 6.07) is 14.7. The first-order valence-electron chi connectivity index (χ1n) is 8.39. The maximum absolute atomic E-state index is 12.8. The number of rotatable bonds is 9. The maximum Gasteiger partial charge on any atom is 0.323 e. The first-order valence-corrected chi connectivity index (χ1v) is 8.39. The van der Waals surface area contributed by atoms with Gasteiger partial charge in [0.15, 0.2) is 0 Å². The number of carbonyl (C=O) groups excluding carboxylic acids is 1. The summed E-state index contributed by atoms with van der Waals surface area (Å²) in [5.41, 5.74) is 2.14. The average Bonchev–Trinajstić information content (AvgIpc) is 2.65. The van der Waals surface area contributed by atoms with Crippen LogP contribution >= 0.6 is 0 Å². The second-order valence-corrected chi connectivity index (χ2v) is 5.62. The number of amides is 1. The number of para-hydroxylation sites is 1. The third-order valence-electron chi connectivity index (χ3n) is 3.79. The van der Waals surface area contributed by atoms with Crippen molar-refractivity contribution in [1.82, 2.24) is 4.90 Å². The fourth-order valence-electron chi connectivity index (χ4n) is 2.61. The van der Waals surface area contributed by atoms with Crippen LogP contribution in [0.2, 0.25) is 0 Å². The Morgan fingerprint density at radius 1 is 1.12 bits per heavy atom. The van der Waals surface area contributed by atoms with Crippen molar-refractivity contribution in [3.8, 4) is 16.9 Å². The normalized spacial score (nSPS) is 10.4. The van der Waals surface area contributed by atoms with Crippen molar-refractivity contribution in [3.63, 3.8) is 0 Å². The number of hydrogen-bond donors (Lipinski definition) is 1. The van der Waals surface area contributed by atoms with E-state index in [4.69, 9.17) is 14.6 Å². The van der Waals surface area contributed by atoms with E-state index in [0.717, 1.165) is 16.9 Å². The molecule has 0 spiro atoms. The van der Waals surface area contributed by atoms with Gasteiger partial charge >= 0.3 is 5.97 Å². The van der Waals surface area contributed by atoms with Crippen LogP contribution in [0.5, 0.6) is 5.75 Å². The van der Waals surface area contributed by atoms with E-state index in [1.807, 2.05) is 37.3 Å². The Hall–Kier alpha value is -2.86. The zero-order valence-corrected chi connectivity index (χ0v) is 15.0. The molecule has 0 radical (unpaired) electrons. The molecule has 138 valence electrons. The first-order chi connectivity index (χ1) is 12.6. The molecule has 0 aliphatic carbocycles. The molecule has 1 amide bonds. The molecule has 0 aliphatic heterocycles. The SMILES string of the molecule is CCOc1ccccc1-c1cccc(C(=O)N(CCOC)CC(=O)O)c1. The van der Waals surface area contributed by atoms with Crippen molar-refractivity contribution >= 4 is 11.9 Å². The molecule has 0 heterocycles. The zero-order chi connectivity index (χ0) is 18.9. The van der Waals surface area contributed by atoms with Crippen LogP contribution in [0.1, 0.15) is 17.3 Å². The van der Waals surface area contributed by atoms with Gasteiger partial charge in [0.2, 0.25) is 0 Å². The Morgan fingerprint density at radius 2 is 1.88 bits per heavy atom. The summed E-state index contributed by atoms with van der Waals surface area (Å²) in [6.07, 6.45) is 0. The largest absolute Gasteiger partial charge is 0.493 e. The molecule has 0 aliphatic rings. The van der Waals surface area contributed by atoms with Crippen LogP contribution in [-0.4, -0.2) is 55.3 Å². The number of carboxylic acid groups (broad SMARTS) is 1. The molecule has 2 aromatic carbocycles. The molecule has 6 nitrogen and oxygen atoms in total. The predicted octanol–water partition coefficient (Wildman–Crippen LogP) is 2.93. The minimum atomic E-state index is -1.06. The Labute approximate surface area is 153 Å². The van der Waals surface area contributed by atoms with Crippen LogP contribution in [0.3, 0.4) is 0 Å². The minimum Gasteiger partial charge on any atom is -0.493 e. The number of aliphatic carboxylic acids is 1.